The van der Waals surface area contributed by atoms with E-state index in [1.807, 2.05) is 12.3 Å². The van der Waals surface area contributed by atoms with Gasteiger partial charge in [0.2, 0.25) is 5.95 Å². The van der Waals surface area contributed by atoms with Gasteiger partial charge in [0.25, 0.3) is 0 Å². The average molecular weight is 336 g/mol. The average Bonchev–Trinajstić information content (AvgIpc) is 3.03. The second-order valence-corrected chi connectivity index (χ2v) is 5.66. The Bertz CT molecular complexity index is 816. The summed E-state index contributed by atoms with van der Waals surface area (Å²) in [7, 11) is 0. The van der Waals surface area contributed by atoms with Crippen LogP contribution in [0.3, 0.4) is 0 Å². The molecule has 0 atom stereocenters. The number of nitrogens with one attached hydrogen (secondary N) is 1. The summed E-state index contributed by atoms with van der Waals surface area (Å²) in [5, 5.41) is 5.36. The highest BCUT2D eigenvalue weighted by molar-refractivity contribution is 7.13. The number of nitrogens with zero attached hydrogens (tertiary/aromatic N) is 3. The van der Waals surface area contributed by atoms with Gasteiger partial charge < -0.3 is 5.32 Å². The van der Waals surface area contributed by atoms with Crippen molar-refractivity contribution in [2.24, 2.45) is 0 Å². The van der Waals surface area contributed by atoms with Crippen molar-refractivity contribution in [2.45, 2.75) is 13.1 Å². The van der Waals surface area contributed by atoms with Crippen LogP contribution >= 0.6 is 11.3 Å². The highest BCUT2D eigenvalue weighted by Crippen LogP contribution is 2.31. The van der Waals surface area contributed by atoms with Crippen LogP contribution in [-0.2, 0) is 6.18 Å². The van der Waals surface area contributed by atoms with Crippen LogP contribution < -0.4 is 5.32 Å². The minimum Gasteiger partial charge on any atom is -0.324 e. The minimum atomic E-state index is -4.39. The summed E-state index contributed by atoms with van der Waals surface area (Å²) in [6.07, 6.45) is -1.11. The third kappa shape index (κ3) is 3.48. The van der Waals surface area contributed by atoms with Crippen molar-refractivity contribution in [3.8, 4) is 10.7 Å². The Kier molecular flexibility index (Phi) is 3.99. The van der Waals surface area contributed by atoms with Gasteiger partial charge in [-0.3, -0.25) is 0 Å². The molecule has 3 aromatic rings. The Labute approximate surface area is 134 Å². The maximum absolute atomic E-state index is 12.7. The van der Waals surface area contributed by atoms with E-state index in [-0.39, 0.29) is 11.6 Å². The van der Waals surface area contributed by atoms with E-state index >= 15 is 0 Å². The molecule has 2 aromatic heterocycles. The first-order valence-electron chi connectivity index (χ1n) is 6.61. The molecule has 0 unspecified atom stereocenters. The first kappa shape index (κ1) is 15.4. The molecule has 3 rings (SSSR count). The molecule has 0 aliphatic rings. The van der Waals surface area contributed by atoms with Crippen LogP contribution in [0.15, 0.2) is 42.0 Å². The Morgan fingerprint density at radius 2 is 2.00 bits per heavy atom. The van der Waals surface area contributed by atoms with Crippen LogP contribution in [-0.4, -0.2) is 15.0 Å². The van der Waals surface area contributed by atoms with Gasteiger partial charge in [0.15, 0.2) is 0 Å². The van der Waals surface area contributed by atoms with E-state index < -0.39 is 11.7 Å². The number of alkyl halides is 3. The topological polar surface area (TPSA) is 50.7 Å². The highest BCUT2D eigenvalue weighted by atomic mass is 32.1. The number of hydrogen-bond donors (Lipinski definition) is 1. The zero-order valence-corrected chi connectivity index (χ0v) is 12.7. The summed E-state index contributed by atoms with van der Waals surface area (Å²) in [6.45, 7) is 1.85. The molecule has 0 saturated carbocycles. The van der Waals surface area contributed by atoms with Crippen molar-refractivity contribution in [1.29, 1.82) is 0 Å². The normalized spacial score (nSPS) is 11.5. The van der Waals surface area contributed by atoms with Gasteiger partial charge in [-0.15, -0.1) is 11.3 Å². The van der Waals surface area contributed by atoms with E-state index in [0.717, 1.165) is 22.7 Å². The molecule has 8 heteroatoms. The minimum absolute atomic E-state index is 0.222. The first-order valence-corrected chi connectivity index (χ1v) is 7.49. The molecule has 0 radical (unpaired) electrons. The van der Waals surface area contributed by atoms with Crippen molar-refractivity contribution >= 4 is 23.0 Å². The monoisotopic (exact) mass is 336 g/mol. The molecular formula is C15H11F3N4S. The van der Waals surface area contributed by atoms with Crippen molar-refractivity contribution in [2.75, 3.05) is 5.32 Å². The summed E-state index contributed by atoms with van der Waals surface area (Å²) in [5.74, 6) is 0.222. The highest BCUT2D eigenvalue weighted by Gasteiger charge is 2.30. The number of aryl methyl sites for hydroxylation is 1. The SMILES string of the molecule is Cc1cnc(Nc2cccc(C(F)(F)F)c2)nc1-c1nccs1. The van der Waals surface area contributed by atoms with Gasteiger partial charge in [0.1, 0.15) is 10.7 Å². The molecule has 118 valence electrons. The number of anilines is 2. The second kappa shape index (κ2) is 5.96. The van der Waals surface area contributed by atoms with E-state index in [0.29, 0.717) is 5.69 Å². The number of thiazole rings is 1. The Hall–Kier alpha value is -2.48. The molecule has 0 spiro atoms. The van der Waals surface area contributed by atoms with Gasteiger partial charge in [0.05, 0.1) is 5.56 Å². The van der Waals surface area contributed by atoms with Crippen LogP contribution in [0.4, 0.5) is 24.8 Å². The standard InChI is InChI=1S/C15H11F3N4S/c1-9-8-20-14(22-12(9)13-19-5-6-23-13)21-11-4-2-3-10(7-11)15(16,17)18/h2-8H,1H3,(H,20,21,22). The Morgan fingerprint density at radius 3 is 2.70 bits per heavy atom. The van der Waals surface area contributed by atoms with Crippen LogP contribution in [0.5, 0.6) is 0 Å². The van der Waals surface area contributed by atoms with Gasteiger partial charge in [-0.2, -0.15) is 13.2 Å². The van der Waals surface area contributed by atoms with E-state index in [9.17, 15) is 13.2 Å². The molecule has 4 nitrogen and oxygen atoms in total. The van der Waals surface area contributed by atoms with E-state index in [1.165, 1.54) is 23.5 Å². The summed E-state index contributed by atoms with van der Waals surface area (Å²) < 4.78 is 38.2. The lowest BCUT2D eigenvalue weighted by Crippen LogP contribution is -2.06. The van der Waals surface area contributed by atoms with Gasteiger partial charge in [-0.25, -0.2) is 15.0 Å². The van der Waals surface area contributed by atoms with Crippen LogP contribution in [0, 0.1) is 6.92 Å². The largest absolute Gasteiger partial charge is 0.416 e. The molecule has 2 heterocycles. The van der Waals surface area contributed by atoms with Crippen molar-refractivity contribution in [3.63, 3.8) is 0 Å². The lowest BCUT2D eigenvalue weighted by molar-refractivity contribution is -0.137. The number of aromatic nitrogens is 3. The van der Waals surface area contributed by atoms with Crippen LogP contribution in [0.2, 0.25) is 0 Å². The summed E-state index contributed by atoms with van der Waals surface area (Å²) in [5.41, 5.74) is 1.04. The molecule has 0 bridgehead atoms. The third-order valence-corrected chi connectivity index (χ3v) is 3.83. The molecule has 0 fully saturated rings. The summed E-state index contributed by atoms with van der Waals surface area (Å²) in [6, 6.07) is 4.90. The number of halogens is 3. The molecular weight excluding hydrogens is 325 g/mol. The van der Waals surface area contributed by atoms with Crippen LogP contribution in [0.1, 0.15) is 11.1 Å². The van der Waals surface area contributed by atoms with Gasteiger partial charge >= 0.3 is 6.18 Å². The van der Waals surface area contributed by atoms with E-state index in [2.05, 4.69) is 20.3 Å². The maximum Gasteiger partial charge on any atom is 0.416 e. The molecule has 1 N–H and O–H groups in total. The molecule has 0 amide bonds. The van der Waals surface area contributed by atoms with E-state index in [1.54, 1.807) is 12.4 Å². The fraction of sp³-hybridized carbons (Fsp3) is 0.133. The molecule has 0 saturated heterocycles. The smallest absolute Gasteiger partial charge is 0.324 e. The van der Waals surface area contributed by atoms with Crippen molar-refractivity contribution in [1.82, 2.24) is 15.0 Å². The summed E-state index contributed by atoms with van der Waals surface area (Å²) in [4.78, 5) is 12.6. The van der Waals surface area contributed by atoms with Crippen molar-refractivity contribution in [3.05, 3.63) is 53.2 Å². The first-order chi connectivity index (χ1) is 10.9. The van der Waals surface area contributed by atoms with Gasteiger partial charge in [-0.1, -0.05) is 6.07 Å². The summed E-state index contributed by atoms with van der Waals surface area (Å²) >= 11 is 1.43. The zero-order valence-electron chi connectivity index (χ0n) is 11.9. The second-order valence-electron chi connectivity index (χ2n) is 4.77. The molecule has 1 aromatic carbocycles. The maximum atomic E-state index is 12.7. The van der Waals surface area contributed by atoms with Crippen molar-refractivity contribution < 1.29 is 13.2 Å². The van der Waals surface area contributed by atoms with E-state index in [4.69, 9.17) is 0 Å². The number of hydrogen-bond acceptors (Lipinski definition) is 5. The molecule has 0 aliphatic heterocycles. The lowest BCUT2D eigenvalue weighted by atomic mass is 10.2. The predicted octanol–water partition coefficient (Wildman–Crippen LogP) is 4.67. The zero-order chi connectivity index (χ0) is 16.4. The quantitative estimate of drug-likeness (QED) is 0.755. The third-order valence-electron chi connectivity index (χ3n) is 3.05. The Balaban J connectivity index is 1.91. The van der Waals surface area contributed by atoms with Gasteiger partial charge in [0, 0.05) is 23.5 Å². The predicted molar refractivity (Wildman–Crippen MR) is 82.6 cm³/mol. The molecule has 23 heavy (non-hydrogen) atoms. The van der Waals surface area contributed by atoms with Crippen LogP contribution in [0.25, 0.3) is 10.7 Å². The Morgan fingerprint density at radius 1 is 1.17 bits per heavy atom. The number of rotatable bonds is 3. The fourth-order valence-corrected chi connectivity index (χ4v) is 2.65. The van der Waals surface area contributed by atoms with Gasteiger partial charge in [-0.05, 0) is 30.7 Å². The molecule has 0 aliphatic carbocycles. The number of benzene rings is 1. The fourth-order valence-electron chi connectivity index (χ4n) is 1.96. The lowest BCUT2D eigenvalue weighted by Gasteiger charge is -2.10.